The second-order valence-corrected chi connectivity index (χ2v) is 4.82. The summed E-state index contributed by atoms with van der Waals surface area (Å²) in [6, 6.07) is 7.34. The highest BCUT2D eigenvalue weighted by Gasteiger charge is 2.33. The van der Waals surface area contributed by atoms with Crippen molar-refractivity contribution < 1.29 is 9.31 Å². The largest absolute Gasteiger partial charge is 0.493 e. The highest BCUT2D eigenvalue weighted by atomic mass is 16.6. The number of benzene rings is 1. The van der Waals surface area contributed by atoms with E-state index in [1.807, 2.05) is 12.1 Å². The fraction of sp³-hybridized carbons (Fsp3) is 0.417. The van der Waals surface area contributed by atoms with Gasteiger partial charge in [-0.1, -0.05) is 38.1 Å². The molecule has 1 aromatic carbocycles. The molecule has 0 aliphatic carbocycles. The summed E-state index contributed by atoms with van der Waals surface area (Å²) in [5.74, 6) is 0. The summed E-state index contributed by atoms with van der Waals surface area (Å²) in [6.07, 6.45) is 0. The molecule has 0 bridgehead atoms. The minimum atomic E-state index is -0.284. The first-order valence-electron chi connectivity index (χ1n) is 5.31. The van der Waals surface area contributed by atoms with Gasteiger partial charge in [0.2, 0.25) is 0 Å². The van der Waals surface area contributed by atoms with Crippen LogP contribution in [0.2, 0.25) is 0 Å². The Balaban J connectivity index is 2.06. The number of hydrogen-bond donors (Lipinski definition) is 0. The van der Waals surface area contributed by atoms with E-state index in [-0.39, 0.29) is 12.5 Å². The molecule has 2 rings (SSSR count). The van der Waals surface area contributed by atoms with E-state index < -0.39 is 0 Å². The van der Waals surface area contributed by atoms with E-state index in [9.17, 15) is 0 Å². The van der Waals surface area contributed by atoms with Gasteiger partial charge in [-0.05, 0) is 5.46 Å². The lowest BCUT2D eigenvalue weighted by Gasteiger charge is -2.33. The van der Waals surface area contributed by atoms with Crippen LogP contribution >= 0.6 is 0 Å². The quantitative estimate of drug-likeness (QED) is 0.528. The lowest BCUT2D eigenvalue weighted by Crippen LogP contribution is -2.47. The van der Waals surface area contributed by atoms with Crippen LogP contribution in [-0.4, -0.2) is 20.3 Å². The molecule has 0 radical (unpaired) electrons. The van der Waals surface area contributed by atoms with E-state index in [4.69, 9.17) is 15.9 Å². The second-order valence-electron chi connectivity index (χ2n) is 4.82. The fourth-order valence-electron chi connectivity index (χ4n) is 1.59. The smallest absolute Gasteiger partial charge is 0.407 e. The summed E-state index contributed by atoms with van der Waals surface area (Å²) in [7, 11) is -0.284. The predicted molar refractivity (Wildman–Crippen MR) is 63.8 cm³/mol. The molecule has 0 aromatic heterocycles. The molecule has 1 fully saturated rings. The topological polar surface area (TPSA) is 22.8 Å². The Morgan fingerprint density at radius 3 is 2.25 bits per heavy atom. The average Bonchev–Trinajstić information content (AvgIpc) is 2.29. The van der Waals surface area contributed by atoms with E-state index in [1.54, 1.807) is 12.1 Å². The van der Waals surface area contributed by atoms with Gasteiger partial charge in [0.25, 0.3) is 0 Å². The van der Waals surface area contributed by atoms with E-state index in [1.165, 1.54) is 0 Å². The fourth-order valence-corrected chi connectivity index (χ4v) is 1.59. The van der Waals surface area contributed by atoms with Gasteiger partial charge in [0.1, 0.15) is 0 Å². The van der Waals surface area contributed by atoms with Crippen molar-refractivity contribution in [3.8, 4) is 0 Å². The van der Waals surface area contributed by atoms with Crippen molar-refractivity contribution in [1.29, 1.82) is 0 Å². The van der Waals surface area contributed by atoms with Crippen LogP contribution in [0, 0.1) is 12.0 Å². The first-order valence-corrected chi connectivity index (χ1v) is 5.31. The summed E-state index contributed by atoms with van der Waals surface area (Å²) < 4.78 is 11.3. The van der Waals surface area contributed by atoms with Crippen molar-refractivity contribution in [1.82, 2.24) is 0 Å². The molecule has 0 atom stereocenters. The molecule has 82 valence electrons. The van der Waals surface area contributed by atoms with Crippen LogP contribution in [-0.2, 0) is 9.31 Å². The highest BCUT2D eigenvalue weighted by molar-refractivity contribution is 6.61. The van der Waals surface area contributed by atoms with Gasteiger partial charge in [-0.2, -0.15) is 0 Å². The summed E-state index contributed by atoms with van der Waals surface area (Å²) in [4.78, 5) is 3.35. The van der Waals surface area contributed by atoms with Crippen molar-refractivity contribution in [3.63, 3.8) is 0 Å². The molecule has 4 heteroatoms. The summed E-state index contributed by atoms with van der Waals surface area (Å²) in [6.45, 7) is 12.5. The van der Waals surface area contributed by atoms with Gasteiger partial charge in [0.05, 0.1) is 6.57 Å². The Morgan fingerprint density at radius 2 is 1.75 bits per heavy atom. The number of nitrogens with zero attached hydrogens (tertiary/aromatic N) is 1. The molecule has 1 aromatic rings. The van der Waals surface area contributed by atoms with Gasteiger partial charge in [0.15, 0.2) is 5.69 Å². The standard InChI is InChI=1S/C12H14BNO2/c1-12(2)8-15-13(16-9-12)10-4-6-11(14-3)7-5-10/h4-7H,8-9H2,1-2H3. The average molecular weight is 215 g/mol. The molecule has 0 amide bonds. The molecule has 0 spiro atoms. The summed E-state index contributed by atoms with van der Waals surface area (Å²) >= 11 is 0. The molecule has 1 heterocycles. The third-order valence-corrected chi connectivity index (χ3v) is 2.55. The van der Waals surface area contributed by atoms with Crippen molar-refractivity contribution in [2.24, 2.45) is 5.41 Å². The van der Waals surface area contributed by atoms with Gasteiger partial charge in [0, 0.05) is 18.6 Å². The van der Waals surface area contributed by atoms with Crippen molar-refractivity contribution in [2.75, 3.05) is 13.2 Å². The molecular weight excluding hydrogens is 201 g/mol. The van der Waals surface area contributed by atoms with Crippen LogP contribution in [0.15, 0.2) is 24.3 Å². The van der Waals surface area contributed by atoms with Crippen LogP contribution in [0.25, 0.3) is 4.85 Å². The van der Waals surface area contributed by atoms with Gasteiger partial charge >= 0.3 is 7.12 Å². The van der Waals surface area contributed by atoms with Gasteiger partial charge in [-0.15, -0.1) is 0 Å². The molecule has 3 nitrogen and oxygen atoms in total. The third-order valence-electron chi connectivity index (χ3n) is 2.55. The first kappa shape index (κ1) is 11.2. The van der Waals surface area contributed by atoms with E-state index in [0.717, 1.165) is 5.46 Å². The van der Waals surface area contributed by atoms with Crippen LogP contribution in [0.5, 0.6) is 0 Å². The lowest BCUT2D eigenvalue weighted by atomic mass is 9.76. The Labute approximate surface area is 96.3 Å². The zero-order valence-electron chi connectivity index (χ0n) is 9.56. The summed E-state index contributed by atoms with van der Waals surface area (Å²) in [5, 5.41) is 0. The number of hydrogen-bond acceptors (Lipinski definition) is 2. The molecule has 1 aliphatic heterocycles. The van der Waals surface area contributed by atoms with Crippen LogP contribution in [0.1, 0.15) is 13.8 Å². The van der Waals surface area contributed by atoms with Crippen LogP contribution in [0.4, 0.5) is 5.69 Å². The molecule has 1 aliphatic rings. The van der Waals surface area contributed by atoms with E-state index in [0.29, 0.717) is 18.9 Å². The maximum Gasteiger partial charge on any atom is 0.493 e. The minimum absolute atomic E-state index is 0.0902. The van der Waals surface area contributed by atoms with Crippen LogP contribution in [0.3, 0.4) is 0 Å². The first-order chi connectivity index (χ1) is 7.61. The molecule has 0 saturated carbocycles. The molecular formula is C12H14BNO2. The summed E-state index contributed by atoms with van der Waals surface area (Å²) in [5.41, 5.74) is 1.70. The maximum absolute atomic E-state index is 6.87. The molecule has 16 heavy (non-hydrogen) atoms. The van der Waals surface area contributed by atoms with Crippen molar-refractivity contribution in [3.05, 3.63) is 35.7 Å². The van der Waals surface area contributed by atoms with Gasteiger partial charge in [-0.25, -0.2) is 4.85 Å². The molecule has 1 saturated heterocycles. The molecule has 0 unspecified atom stereocenters. The minimum Gasteiger partial charge on any atom is -0.407 e. The second kappa shape index (κ2) is 4.29. The highest BCUT2D eigenvalue weighted by Crippen LogP contribution is 2.21. The van der Waals surface area contributed by atoms with Crippen molar-refractivity contribution >= 4 is 18.3 Å². The third kappa shape index (κ3) is 2.44. The Hall–Kier alpha value is -1.31. The zero-order chi connectivity index (χ0) is 11.6. The number of rotatable bonds is 1. The molecule has 0 N–H and O–H groups in total. The Kier molecular flexibility index (Phi) is 3.00. The van der Waals surface area contributed by atoms with E-state index >= 15 is 0 Å². The predicted octanol–water partition coefficient (Wildman–Crippen LogP) is 2.01. The maximum atomic E-state index is 6.87. The Bertz CT molecular complexity index is 398. The van der Waals surface area contributed by atoms with Crippen LogP contribution < -0.4 is 5.46 Å². The normalized spacial score (nSPS) is 19.2. The Morgan fingerprint density at radius 1 is 1.19 bits per heavy atom. The monoisotopic (exact) mass is 215 g/mol. The SMILES string of the molecule is [C-]#[N+]c1ccc(B2OCC(C)(C)CO2)cc1. The lowest BCUT2D eigenvalue weighted by molar-refractivity contribution is 0.0343. The van der Waals surface area contributed by atoms with Gasteiger partial charge in [-0.3, -0.25) is 0 Å². The van der Waals surface area contributed by atoms with Crippen molar-refractivity contribution in [2.45, 2.75) is 13.8 Å². The van der Waals surface area contributed by atoms with Gasteiger partial charge < -0.3 is 9.31 Å². The van der Waals surface area contributed by atoms with E-state index in [2.05, 4.69) is 18.7 Å². The zero-order valence-corrected chi connectivity index (χ0v) is 9.56.